The first-order valence-electron chi connectivity index (χ1n) is 6.92. The fourth-order valence-corrected chi connectivity index (χ4v) is 3.33. The zero-order valence-electron chi connectivity index (χ0n) is 11.4. The van der Waals surface area contributed by atoms with Crippen LogP contribution in [0.2, 0.25) is 0 Å². The second-order valence-corrected chi connectivity index (χ2v) is 5.82. The highest BCUT2D eigenvalue weighted by Crippen LogP contribution is 2.34. The van der Waals surface area contributed by atoms with Crippen LogP contribution >= 0.6 is 15.9 Å². The fraction of sp³-hybridized carbons (Fsp3) is 0.786. The van der Waals surface area contributed by atoms with E-state index in [1.165, 1.54) is 24.2 Å². The van der Waals surface area contributed by atoms with Crippen molar-refractivity contribution >= 4 is 15.9 Å². The van der Waals surface area contributed by atoms with Crippen molar-refractivity contribution in [3.8, 4) is 0 Å². The first kappa shape index (κ1) is 14.1. The van der Waals surface area contributed by atoms with Crippen LogP contribution in [0.4, 0.5) is 0 Å². The van der Waals surface area contributed by atoms with Gasteiger partial charge in [0.25, 0.3) is 0 Å². The van der Waals surface area contributed by atoms with Crippen molar-refractivity contribution in [2.45, 2.75) is 46.1 Å². The average molecular weight is 315 g/mol. The molecule has 0 N–H and O–H groups in total. The predicted octanol–water partition coefficient (Wildman–Crippen LogP) is 3.20. The molecule has 1 aliphatic heterocycles. The summed E-state index contributed by atoms with van der Waals surface area (Å²) in [6.45, 7) is 7.06. The van der Waals surface area contributed by atoms with Gasteiger partial charge < -0.3 is 4.74 Å². The lowest BCUT2D eigenvalue weighted by atomic mass is 9.80. The Kier molecular flexibility index (Phi) is 4.84. The van der Waals surface area contributed by atoms with Crippen molar-refractivity contribution in [1.29, 1.82) is 0 Å². The van der Waals surface area contributed by atoms with E-state index in [2.05, 4.69) is 45.6 Å². The van der Waals surface area contributed by atoms with Crippen LogP contribution in [0, 0.1) is 5.41 Å². The van der Waals surface area contributed by atoms with Crippen molar-refractivity contribution < 1.29 is 4.74 Å². The average Bonchev–Trinajstić information content (AvgIpc) is 2.82. The van der Waals surface area contributed by atoms with Gasteiger partial charge in [-0.3, -0.25) is 4.68 Å². The summed E-state index contributed by atoms with van der Waals surface area (Å²) in [4.78, 5) is 0. The summed E-state index contributed by atoms with van der Waals surface area (Å²) in [6, 6.07) is 2.27. The summed E-state index contributed by atoms with van der Waals surface area (Å²) in [5, 5.41) is 5.65. The molecule has 102 valence electrons. The molecule has 0 spiro atoms. The Hall–Kier alpha value is -0.350. The Labute approximate surface area is 118 Å². The van der Waals surface area contributed by atoms with Gasteiger partial charge in [-0.15, -0.1) is 0 Å². The van der Waals surface area contributed by atoms with E-state index in [1.807, 2.05) is 0 Å². The van der Waals surface area contributed by atoms with E-state index in [4.69, 9.17) is 4.74 Å². The zero-order chi connectivity index (χ0) is 13.0. The molecule has 0 radical (unpaired) electrons. The maximum atomic E-state index is 5.70. The highest BCUT2D eigenvalue weighted by molar-refractivity contribution is 9.09. The number of aromatic nitrogens is 2. The standard InChI is InChI=1S/C14H23BrN2O/c1-3-12-8-13(17(4-2)16-12)9-14(10-15)6-5-7-18-11-14/h8H,3-7,9-11H2,1-2H3. The van der Waals surface area contributed by atoms with Gasteiger partial charge in [-0.2, -0.15) is 5.10 Å². The summed E-state index contributed by atoms with van der Waals surface area (Å²) in [5.41, 5.74) is 2.82. The molecule has 0 aromatic carbocycles. The summed E-state index contributed by atoms with van der Waals surface area (Å²) in [6.07, 6.45) is 4.50. The van der Waals surface area contributed by atoms with Gasteiger partial charge in [0.05, 0.1) is 12.3 Å². The normalized spacial score (nSPS) is 24.4. The monoisotopic (exact) mass is 314 g/mol. The van der Waals surface area contributed by atoms with E-state index in [-0.39, 0.29) is 5.41 Å². The number of ether oxygens (including phenoxy) is 1. The highest BCUT2D eigenvalue weighted by atomic mass is 79.9. The molecular weight excluding hydrogens is 292 g/mol. The molecule has 0 aliphatic carbocycles. The summed E-state index contributed by atoms with van der Waals surface area (Å²) < 4.78 is 7.85. The van der Waals surface area contributed by atoms with Gasteiger partial charge in [-0.25, -0.2) is 0 Å². The van der Waals surface area contributed by atoms with Crippen molar-refractivity contribution in [1.82, 2.24) is 9.78 Å². The third-order valence-electron chi connectivity index (χ3n) is 3.82. The van der Waals surface area contributed by atoms with Gasteiger partial charge in [-0.05, 0) is 38.7 Å². The molecule has 1 aromatic rings. The lowest BCUT2D eigenvalue weighted by Gasteiger charge is -2.35. The molecule has 1 atom stereocenters. The molecule has 1 saturated heterocycles. The maximum absolute atomic E-state index is 5.70. The highest BCUT2D eigenvalue weighted by Gasteiger charge is 2.33. The van der Waals surface area contributed by atoms with Crippen LogP contribution in [-0.4, -0.2) is 28.3 Å². The van der Waals surface area contributed by atoms with Crippen LogP contribution < -0.4 is 0 Å². The lowest BCUT2D eigenvalue weighted by molar-refractivity contribution is 0.00519. The molecule has 0 saturated carbocycles. The molecule has 2 heterocycles. The molecule has 2 rings (SSSR count). The van der Waals surface area contributed by atoms with E-state index >= 15 is 0 Å². The van der Waals surface area contributed by atoms with E-state index in [1.54, 1.807) is 0 Å². The van der Waals surface area contributed by atoms with Crippen LogP contribution in [0.3, 0.4) is 0 Å². The summed E-state index contributed by atoms with van der Waals surface area (Å²) in [7, 11) is 0. The molecule has 1 aliphatic rings. The fourth-order valence-electron chi connectivity index (χ4n) is 2.69. The Balaban J connectivity index is 2.17. The molecule has 4 heteroatoms. The molecule has 1 unspecified atom stereocenters. The third kappa shape index (κ3) is 2.97. The van der Waals surface area contributed by atoms with Gasteiger partial charge in [0, 0.05) is 29.6 Å². The second-order valence-electron chi connectivity index (χ2n) is 5.26. The number of nitrogens with zero attached hydrogens (tertiary/aromatic N) is 2. The van der Waals surface area contributed by atoms with Crippen molar-refractivity contribution in [2.24, 2.45) is 5.41 Å². The van der Waals surface area contributed by atoms with Crippen molar-refractivity contribution in [2.75, 3.05) is 18.5 Å². The minimum Gasteiger partial charge on any atom is -0.381 e. The Morgan fingerprint density at radius 3 is 2.89 bits per heavy atom. The van der Waals surface area contributed by atoms with Gasteiger partial charge in [0.1, 0.15) is 0 Å². The number of hydrogen-bond acceptors (Lipinski definition) is 2. The maximum Gasteiger partial charge on any atom is 0.0624 e. The molecule has 18 heavy (non-hydrogen) atoms. The van der Waals surface area contributed by atoms with Gasteiger partial charge in [0.15, 0.2) is 0 Å². The predicted molar refractivity (Wildman–Crippen MR) is 77.3 cm³/mol. The van der Waals surface area contributed by atoms with E-state index < -0.39 is 0 Å². The first-order valence-corrected chi connectivity index (χ1v) is 8.04. The largest absolute Gasteiger partial charge is 0.381 e. The van der Waals surface area contributed by atoms with E-state index in [9.17, 15) is 0 Å². The minimum absolute atomic E-state index is 0.260. The second kappa shape index (κ2) is 6.20. The number of rotatable bonds is 5. The number of hydrogen-bond donors (Lipinski definition) is 0. The summed E-state index contributed by atoms with van der Waals surface area (Å²) >= 11 is 3.69. The topological polar surface area (TPSA) is 27.1 Å². The SMILES string of the molecule is CCc1cc(CC2(CBr)CCCOC2)n(CC)n1. The Morgan fingerprint density at radius 1 is 1.50 bits per heavy atom. The molecule has 0 amide bonds. The van der Waals surface area contributed by atoms with Gasteiger partial charge >= 0.3 is 0 Å². The number of alkyl halides is 1. The Morgan fingerprint density at radius 2 is 2.33 bits per heavy atom. The molecular formula is C14H23BrN2O. The van der Waals surface area contributed by atoms with Crippen molar-refractivity contribution in [3.63, 3.8) is 0 Å². The molecule has 1 fully saturated rings. The van der Waals surface area contributed by atoms with Crippen LogP contribution in [0.5, 0.6) is 0 Å². The van der Waals surface area contributed by atoms with E-state index in [0.717, 1.165) is 37.9 Å². The lowest BCUT2D eigenvalue weighted by Crippen LogP contribution is -2.36. The van der Waals surface area contributed by atoms with Crippen LogP contribution in [0.15, 0.2) is 6.07 Å². The smallest absolute Gasteiger partial charge is 0.0624 e. The van der Waals surface area contributed by atoms with E-state index in [0.29, 0.717) is 0 Å². The minimum atomic E-state index is 0.260. The van der Waals surface area contributed by atoms with Crippen LogP contribution in [0.25, 0.3) is 0 Å². The molecule has 1 aromatic heterocycles. The van der Waals surface area contributed by atoms with Crippen LogP contribution in [-0.2, 0) is 24.1 Å². The van der Waals surface area contributed by atoms with Gasteiger partial charge in [0.2, 0.25) is 0 Å². The van der Waals surface area contributed by atoms with Gasteiger partial charge in [-0.1, -0.05) is 22.9 Å². The molecule has 0 bridgehead atoms. The number of aryl methyl sites for hydroxylation is 2. The number of halogens is 1. The first-order chi connectivity index (χ1) is 8.73. The summed E-state index contributed by atoms with van der Waals surface area (Å²) in [5.74, 6) is 0. The Bertz CT molecular complexity index is 383. The zero-order valence-corrected chi connectivity index (χ0v) is 13.0. The molecule has 3 nitrogen and oxygen atoms in total. The van der Waals surface area contributed by atoms with Crippen molar-refractivity contribution in [3.05, 3.63) is 17.5 Å². The third-order valence-corrected chi connectivity index (χ3v) is 5.01. The quantitative estimate of drug-likeness (QED) is 0.780. The van der Waals surface area contributed by atoms with Crippen LogP contribution in [0.1, 0.15) is 38.1 Å².